The van der Waals surface area contributed by atoms with Crippen LogP contribution in [0.3, 0.4) is 0 Å². The van der Waals surface area contributed by atoms with Gasteiger partial charge in [-0.15, -0.1) is 5.10 Å². The van der Waals surface area contributed by atoms with Crippen LogP contribution in [0.25, 0.3) is 23.0 Å². The maximum absolute atomic E-state index is 9.39. The third-order valence-corrected chi connectivity index (χ3v) is 4.94. The van der Waals surface area contributed by atoms with Crippen LogP contribution in [0.15, 0.2) is 40.8 Å². The summed E-state index contributed by atoms with van der Waals surface area (Å²) in [4.78, 5) is 9.41. The van der Waals surface area contributed by atoms with Crippen LogP contribution in [-0.4, -0.2) is 64.6 Å². The second-order valence-electron chi connectivity index (χ2n) is 6.95. The third kappa shape index (κ3) is 3.74. The fraction of sp³-hybridized carbons (Fsp3) is 0.400. The van der Waals surface area contributed by atoms with Gasteiger partial charge in [0.1, 0.15) is 5.76 Å². The summed E-state index contributed by atoms with van der Waals surface area (Å²) < 4.78 is 7.38. The molecule has 0 aliphatic carbocycles. The van der Waals surface area contributed by atoms with Gasteiger partial charge in [-0.2, -0.15) is 0 Å². The number of aliphatic hydroxyl groups is 1. The molecule has 0 radical (unpaired) electrons. The second kappa shape index (κ2) is 7.54. The number of anilines is 1. The number of hydrogen-bond acceptors (Lipinski definition) is 6. The fourth-order valence-electron chi connectivity index (χ4n) is 3.35. The summed E-state index contributed by atoms with van der Waals surface area (Å²) in [5.74, 6) is 2.73. The Kier molecular flexibility index (Phi) is 4.96. The molecule has 0 bridgehead atoms. The van der Waals surface area contributed by atoms with Crippen molar-refractivity contribution in [2.45, 2.75) is 13.5 Å². The van der Waals surface area contributed by atoms with E-state index in [1.54, 1.807) is 4.68 Å². The maximum Gasteiger partial charge on any atom is 0.217 e. The van der Waals surface area contributed by atoms with E-state index in [0.29, 0.717) is 18.1 Å². The molecular weight excluding hydrogens is 342 g/mol. The van der Waals surface area contributed by atoms with Crippen molar-refractivity contribution in [2.24, 2.45) is 0 Å². The zero-order valence-corrected chi connectivity index (χ0v) is 15.8. The first-order valence-corrected chi connectivity index (χ1v) is 9.30. The standard InChI is InChI=1S/C20H25N5O2/c1-15-3-8-18(27-15)19-21-20(25(22-19)13-14-26)16-4-6-17(7-5-16)24-11-9-23(2)10-12-24/h3-8,26H,9-14H2,1-2H3. The minimum absolute atomic E-state index is 0.00631. The average Bonchev–Trinajstić information content (AvgIpc) is 3.29. The van der Waals surface area contributed by atoms with Crippen LogP contribution < -0.4 is 4.90 Å². The summed E-state index contributed by atoms with van der Waals surface area (Å²) >= 11 is 0. The average molecular weight is 367 g/mol. The van der Waals surface area contributed by atoms with E-state index in [1.165, 1.54) is 5.69 Å². The normalized spacial score (nSPS) is 15.4. The van der Waals surface area contributed by atoms with Gasteiger partial charge >= 0.3 is 0 Å². The van der Waals surface area contributed by atoms with Gasteiger partial charge < -0.3 is 19.3 Å². The summed E-state index contributed by atoms with van der Waals surface area (Å²) in [6.07, 6.45) is 0. The van der Waals surface area contributed by atoms with Gasteiger partial charge in [0.15, 0.2) is 11.6 Å². The SMILES string of the molecule is Cc1ccc(-c2nc(-c3ccc(N4CCN(C)CC4)cc3)n(CCO)n2)o1. The van der Waals surface area contributed by atoms with Gasteiger partial charge in [0.05, 0.1) is 13.2 Å². The number of piperazine rings is 1. The van der Waals surface area contributed by atoms with Crippen molar-refractivity contribution in [3.8, 4) is 23.0 Å². The highest BCUT2D eigenvalue weighted by Crippen LogP contribution is 2.26. The Hall–Kier alpha value is -2.64. The molecule has 0 unspecified atom stereocenters. The Morgan fingerprint density at radius 1 is 1.04 bits per heavy atom. The van der Waals surface area contributed by atoms with Gasteiger partial charge in [0.25, 0.3) is 0 Å². The van der Waals surface area contributed by atoms with E-state index >= 15 is 0 Å². The Morgan fingerprint density at radius 2 is 1.78 bits per heavy atom. The van der Waals surface area contributed by atoms with Crippen LogP contribution in [-0.2, 0) is 6.54 Å². The summed E-state index contributed by atoms with van der Waals surface area (Å²) in [6, 6.07) is 12.2. The van der Waals surface area contributed by atoms with Crippen molar-refractivity contribution in [2.75, 3.05) is 44.7 Å². The lowest BCUT2D eigenvalue weighted by atomic mass is 10.1. The van der Waals surface area contributed by atoms with Gasteiger partial charge in [-0.05, 0) is 50.4 Å². The van der Waals surface area contributed by atoms with E-state index in [4.69, 9.17) is 4.42 Å². The van der Waals surface area contributed by atoms with Crippen molar-refractivity contribution < 1.29 is 9.52 Å². The number of aliphatic hydroxyl groups excluding tert-OH is 1. The van der Waals surface area contributed by atoms with Gasteiger partial charge in [-0.1, -0.05) is 0 Å². The molecule has 3 heterocycles. The second-order valence-corrected chi connectivity index (χ2v) is 6.95. The third-order valence-electron chi connectivity index (χ3n) is 4.94. The fourth-order valence-corrected chi connectivity index (χ4v) is 3.35. The topological polar surface area (TPSA) is 70.6 Å². The minimum Gasteiger partial charge on any atom is -0.458 e. The molecule has 3 aromatic rings. The quantitative estimate of drug-likeness (QED) is 0.746. The summed E-state index contributed by atoms with van der Waals surface area (Å²) in [5.41, 5.74) is 2.20. The Bertz CT molecular complexity index is 891. The first-order valence-electron chi connectivity index (χ1n) is 9.30. The number of aryl methyl sites for hydroxylation is 1. The molecule has 1 saturated heterocycles. The molecule has 4 rings (SSSR count). The summed E-state index contributed by atoms with van der Waals surface area (Å²) in [5, 5.41) is 13.9. The van der Waals surface area contributed by atoms with E-state index in [9.17, 15) is 5.11 Å². The van der Waals surface area contributed by atoms with Crippen LogP contribution in [0.2, 0.25) is 0 Å². The van der Waals surface area contributed by atoms with E-state index in [-0.39, 0.29) is 6.61 Å². The first kappa shape index (κ1) is 17.8. The molecule has 1 aliphatic heterocycles. The van der Waals surface area contributed by atoms with Crippen LogP contribution in [0.1, 0.15) is 5.76 Å². The van der Waals surface area contributed by atoms with Gasteiger partial charge in [0.2, 0.25) is 5.82 Å². The predicted octanol–water partition coefficient (Wildman–Crippen LogP) is 2.26. The van der Waals surface area contributed by atoms with Crippen molar-refractivity contribution in [3.05, 3.63) is 42.2 Å². The Morgan fingerprint density at radius 3 is 2.41 bits per heavy atom. The maximum atomic E-state index is 9.39. The lowest BCUT2D eigenvalue weighted by molar-refractivity contribution is 0.270. The van der Waals surface area contributed by atoms with E-state index in [2.05, 4.69) is 51.2 Å². The van der Waals surface area contributed by atoms with Gasteiger partial charge in [0, 0.05) is 37.4 Å². The number of aromatic nitrogens is 3. The monoisotopic (exact) mass is 367 g/mol. The number of furan rings is 1. The molecule has 0 amide bonds. The number of nitrogens with zero attached hydrogens (tertiary/aromatic N) is 5. The zero-order chi connectivity index (χ0) is 18.8. The highest BCUT2D eigenvalue weighted by molar-refractivity contribution is 5.63. The smallest absolute Gasteiger partial charge is 0.217 e. The molecule has 0 atom stereocenters. The van der Waals surface area contributed by atoms with Crippen molar-refractivity contribution in [1.29, 1.82) is 0 Å². The molecule has 1 aromatic carbocycles. The molecule has 142 valence electrons. The lowest BCUT2D eigenvalue weighted by Gasteiger charge is -2.34. The van der Waals surface area contributed by atoms with Crippen molar-refractivity contribution in [3.63, 3.8) is 0 Å². The van der Waals surface area contributed by atoms with E-state index in [0.717, 1.165) is 43.3 Å². The number of hydrogen-bond donors (Lipinski definition) is 1. The lowest BCUT2D eigenvalue weighted by Crippen LogP contribution is -2.44. The zero-order valence-electron chi connectivity index (χ0n) is 15.8. The van der Waals surface area contributed by atoms with Crippen molar-refractivity contribution >= 4 is 5.69 Å². The Balaban J connectivity index is 1.61. The molecule has 0 spiro atoms. The molecule has 7 heteroatoms. The largest absolute Gasteiger partial charge is 0.458 e. The molecule has 2 aromatic heterocycles. The summed E-state index contributed by atoms with van der Waals surface area (Å²) in [6.45, 7) is 6.54. The highest BCUT2D eigenvalue weighted by Gasteiger charge is 2.17. The molecule has 1 N–H and O–H groups in total. The van der Waals surface area contributed by atoms with Gasteiger partial charge in [-0.25, -0.2) is 9.67 Å². The van der Waals surface area contributed by atoms with Crippen molar-refractivity contribution in [1.82, 2.24) is 19.7 Å². The van der Waals surface area contributed by atoms with Crippen LogP contribution in [0.5, 0.6) is 0 Å². The van der Waals surface area contributed by atoms with E-state index < -0.39 is 0 Å². The molecule has 27 heavy (non-hydrogen) atoms. The van der Waals surface area contributed by atoms with Gasteiger partial charge in [-0.3, -0.25) is 0 Å². The predicted molar refractivity (Wildman–Crippen MR) is 105 cm³/mol. The molecule has 1 fully saturated rings. The summed E-state index contributed by atoms with van der Waals surface area (Å²) in [7, 11) is 2.16. The number of rotatable bonds is 5. The minimum atomic E-state index is 0.00631. The van der Waals surface area contributed by atoms with Crippen LogP contribution in [0, 0.1) is 6.92 Å². The number of benzene rings is 1. The molecule has 1 aliphatic rings. The van der Waals surface area contributed by atoms with Crippen LogP contribution >= 0.6 is 0 Å². The number of likely N-dealkylation sites (N-methyl/N-ethyl adjacent to an activating group) is 1. The van der Waals surface area contributed by atoms with Crippen LogP contribution in [0.4, 0.5) is 5.69 Å². The highest BCUT2D eigenvalue weighted by atomic mass is 16.3. The molecular formula is C20H25N5O2. The molecule has 7 nitrogen and oxygen atoms in total. The molecule has 0 saturated carbocycles. The Labute approximate surface area is 158 Å². The van der Waals surface area contributed by atoms with E-state index in [1.807, 2.05) is 19.1 Å². The first-order chi connectivity index (χ1) is 13.1.